The molecule has 2 nitrogen and oxygen atoms in total. The first-order valence-electron chi connectivity index (χ1n) is 19.5. The van der Waals surface area contributed by atoms with Crippen LogP contribution in [-0.4, -0.2) is 9.13 Å². The SMILES string of the molecule is c1c2ccccc2c2c(c#1)c(-c1ccc3c(c1)c1ccccc1n3C1=CC=C3C=CC=C[C@@H]3C1)cc1c3ccccc3n(-c3cccc(-c4ccccc4)c3)c12. The summed E-state index contributed by atoms with van der Waals surface area (Å²) in [6.07, 6.45) is 14.5. The summed E-state index contributed by atoms with van der Waals surface area (Å²) in [6, 6.07) is 62.7. The van der Waals surface area contributed by atoms with Gasteiger partial charge in [-0.1, -0.05) is 146 Å². The number of hydrogen-bond donors (Lipinski definition) is 0. The summed E-state index contributed by atoms with van der Waals surface area (Å²) >= 11 is 0. The van der Waals surface area contributed by atoms with Crippen LogP contribution in [0.1, 0.15) is 6.42 Å². The summed E-state index contributed by atoms with van der Waals surface area (Å²) in [5.74, 6) is 0.401. The van der Waals surface area contributed by atoms with Crippen LogP contribution in [0.3, 0.4) is 0 Å². The van der Waals surface area contributed by atoms with Crippen molar-refractivity contribution in [2.24, 2.45) is 5.92 Å². The highest BCUT2D eigenvalue weighted by molar-refractivity contribution is 6.28. The Kier molecular flexibility index (Phi) is 6.70. The van der Waals surface area contributed by atoms with E-state index >= 15 is 0 Å². The smallest absolute Gasteiger partial charge is 0.0632 e. The van der Waals surface area contributed by atoms with Crippen LogP contribution >= 0.6 is 0 Å². The molecule has 2 aliphatic rings. The lowest BCUT2D eigenvalue weighted by molar-refractivity contribution is 0.770. The Hall–Kier alpha value is -7.34. The molecule has 2 aromatic heterocycles. The van der Waals surface area contributed by atoms with Crippen LogP contribution in [0.25, 0.3) is 98.8 Å². The van der Waals surface area contributed by atoms with Crippen LogP contribution in [-0.2, 0) is 0 Å². The Morgan fingerprint density at radius 3 is 2.11 bits per heavy atom. The van der Waals surface area contributed by atoms with E-state index in [0.717, 1.165) is 28.4 Å². The number of benzene rings is 7. The third-order valence-corrected chi connectivity index (χ3v) is 12.0. The van der Waals surface area contributed by atoms with E-state index in [1.54, 1.807) is 0 Å². The Labute approximate surface area is 324 Å². The monoisotopic (exact) mass is 710 g/mol. The van der Waals surface area contributed by atoms with E-state index in [0.29, 0.717) is 5.92 Å². The standard InChI is InChI=1S/C54H34N2/c1-2-13-35(14-3-1)39-18-12-19-41(31-39)56-51-24-11-9-22-45(51)49-34-47(46-29-26-37-16-6-7-20-43(37)53(46)54(49)56)40-27-30-52-48(33-40)44-21-8-10-23-50(44)55(52)42-28-25-36-15-4-5-17-38(36)32-42/h1-25,27-28,30-31,33-34,38H,32H2/t38-/m1/s1. The van der Waals surface area contributed by atoms with Gasteiger partial charge in [0.25, 0.3) is 0 Å². The zero-order valence-corrected chi connectivity index (χ0v) is 30.6. The minimum atomic E-state index is 0.401. The quantitative estimate of drug-likeness (QED) is 0.172. The summed E-state index contributed by atoms with van der Waals surface area (Å²) in [5.41, 5.74) is 13.4. The summed E-state index contributed by atoms with van der Waals surface area (Å²) in [4.78, 5) is 0. The van der Waals surface area contributed by atoms with Crippen molar-refractivity contribution in [3.05, 3.63) is 206 Å². The van der Waals surface area contributed by atoms with Gasteiger partial charge in [0.05, 0.1) is 22.1 Å². The van der Waals surface area contributed by atoms with E-state index in [2.05, 4.69) is 209 Å². The molecule has 10 aromatic rings. The minimum Gasteiger partial charge on any atom is -0.313 e. The molecule has 0 saturated heterocycles. The number of nitrogens with zero attached hydrogens (tertiary/aromatic N) is 2. The fourth-order valence-corrected chi connectivity index (χ4v) is 9.48. The number of para-hydroxylation sites is 2. The lowest BCUT2D eigenvalue weighted by Crippen LogP contribution is -2.10. The first-order valence-corrected chi connectivity index (χ1v) is 19.5. The zero-order valence-electron chi connectivity index (χ0n) is 30.6. The van der Waals surface area contributed by atoms with Gasteiger partial charge >= 0.3 is 0 Å². The van der Waals surface area contributed by atoms with Crippen LogP contribution in [0.2, 0.25) is 0 Å². The Bertz CT molecular complexity index is 3380. The highest BCUT2D eigenvalue weighted by Gasteiger charge is 2.23. The summed E-state index contributed by atoms with van der Waals surface area (Å²) in [7, 11) is 0. The maximum absolute atomic E-state index is 3.71. The molecule has 8 aromatic carbocycles. The molecule has 0 unspecified atom stereocenters. The fraction of sp³-hybridized carbons (Fsp3) is 0.0370. The lowest BCUT2D eigenvalue weighted by atomic mass is 9.86. The predicted molar refractivity (Wildman–Crippen MR) is 236 cm³/mol. The van der Waals surface area contributed by atoms with Gasteiger partial charge in [0.15, 0.2) is 0 Å². The molecule has 0 saturated carbocycles. The number of aromatic nitrogens is 2. The highest BCUT2D eigenvalue weighted by Crippen LogP contribution is 2.45. The summed E-state index contributed by atoms with van der Waals surface area (Å²) in [5, 5.41) is 9.49. The van der Waals surface area contributed by atoms with Crippen LogP contribution < -0.4 is 0 Å². The van der Waals surface area contributed by atoms with E-state index in [1.807, 2.05) is 0 Å². The molecule has 0 radical (unpaired) electrons. The molecule has 260 valence electrons. The summed E-state index contributed by atoms with van der Waals surface area (Å²) < 4.78 is 4.95. The fourth-order valence-electron chi connectivity index (χ4n) is 9.48. The molecular weight excluding hydrogens is 677 g/mol. The molecule has 2 heterocycles. The largest absolute Gasteiger partial charge is 0.313 e. The van der Waals surface area contributed by atoms with Gasteiger partial charge in [-0.15, -0.1) is 0 Å². The van der Waals surface area contributed by atoms with Crippen molar-refractivity contribution < 1.29 is 0 Å². The van der Waals surface area contributed by atoms with Gasteiger partial charge in [-0.05, 0) is 88.9 Å². The first kappa shape index (κ1) is 31.1. The molecule has 2 aliphatic carbocycles. The summed E-state index contributed by atoms with van der Waals surface area (Å²) in [6.45, 7) is 0. The van der Waals surface area contributed by atoms with Gasteiger partial charge in [-0.3, -0.25) is 0 Å². The molecule has 1 atom stereocenters. The second-order valence-electron chi connectivity index (χ2n) is 15.1. The van der Waals surface area contributed by atoms with E-state index in [1.165, 1.54) is 82.3 Å². The first-order chi connectivity index (χ1) is 27.8. The Morgan fingerprint density at radius 1 is 0.500 bits per heavy atom. The average Bonchev–Trinajstić information content (AvgIpc) is 3.78. The highest BCUT2D eigenvalue weighted by atomic mass is 15.0. The van der Waals surface area contributed by atoms with Crippen molar-refractivity contribution in [1.82, 2.24) is 9.13 Å². The third-order valence-electron chi connectivity index (χ3n) is 12.0. The minimum absolute atomic E-state index is 0.401. The van der Waals surface area contributed by atoms with E-state index in [9.17, 15) is 0 Å². The normalized spacial score (nSPS) is 15.2. The van der Waals surface area contributed by atoms with E-state index < -0.39 is 0 Å². The molecule has 0 spiro atoms. The molecule has 0 N–H and O–H groups in total. The number of rotatable bonds is 4. The molecule has 0 aliphatic heterocycles. The number of allylic oxidation sites excluding steroid dienone is 8. The number of fused-ring (bicyclic) bond motifs is 11. The Morgan fingerprint density at radius 2 is 1.23 bits per heavy atom. The van der Waals surface area contributed by atoms with Crippen molar-refractivity contribution >= 4 is 70.9 Å². The van der Waals surface area contributed by atoms with Crippen LogP contribution in [0.5, 0.6) is 0 Å². The molecule has 12 rings (SSSR count). The van der Waals surface area contributed by atoms with Crippen molar-refractivity contribution in [3.63, 3.8) is 0 Å². The van der Waals surface area contributed by atoms with Crippen LogP contribution in [0.4, 0.5) is 0 Å². The van der Waals surface area contributed by atoms with Crippen molar-refractivity contribution in [3.8, 4) is 27.9 Å². The van der Waals surface area contributed by atoms with Crippen LogP contribution in [0.15, 0.2) is 194 Å². The maximum atomic E-state index is 3.71. The molecule has 0 bridgehead atoms. The third kappa shape index (κ3) is 4.58. The van der Waals surface area contributed by atoms with Gasteiger partial charge in [0, 0.05) is 60.4 Å². The van der Waals surface area contributed by atoms with Gasteiger partial charge in [-0.25, -0.2) is 0 Å². The van der Waals surface area contributed by atoms with Crippen LogP contribution in [0, 0.1) is 18.1 Å². The van der Waals surface area contributed by atoms with Crippen molar-refractivity contribution in [2.45, 2.75) is 6.42 Å². The van der Waals surface area contributed by atoms with Gasteiger partial charge in [0.1, 0.15) is 0 Å². The maximum Gasteiger partial charge on any atom is 0.0632 e. The second kappa shape index (κ2) is 12.1. The molecule has 56 heavy (non-hydrogen) atoms. The van der Waals surface area contributed by atoms with Crippen molar-refractivity contribution in [2.75, 3.05) is 0 Å². The topological polar surface area (TPSA) is 9.86 Å². The average molecular weight is 711 g/mol. The Balaban J connectivity index is 1.14. The molecule has 2 heteroatoms. The molecule has 0 amide bonds. The second-order valence-corrected chi connectivity index (χ2v) is 15.1. The van der Waals surface area contributed by atoms with Gasteiger partial charge in [-0.2, -0.15) is 0 Å². The predicted octanol–water partition coefficient (Wildman–Crippen LogP) is 14.0. The van der Waals surface area contributed by atoms with Gasteiger partial charge < -0.3 is 9.13 Å². The van der Waals surface area contributed by atoms with E-state index in [-0.39, 0.29) is 0 Å². The van der Waals surface area contributed by atoms with Crippen molar-refractivity contribution in [1.29, 1.82) is 0 Å². The number of hydrogen-bond acceptors (Lipinski definition) is 0. The molecular formula is C54H34N2. The zero-order chi connectivity index (χ0) is 36.7. The van der Waals surface area contributed by atoms with E-state index in [4.69, 9.17) is 0 Å². The van der Waals surface area contributed by atoms with Gasteiger partial charge in [0.2, 0.25) is 0 Å². The molecule has 0 fully saturated rings. The lowest BCUT2D eigenvalue weighted by Gasteiger charge is -2.24.